The van der Waals surface area contributed by atoms with Gasteiger partial charge in [-0.25, -0.2) is 13.4 Å². The van der Waals surface area contributed by atoms with Crippen molar-refractivity contribution in [2.75, 3.05) is 0 Å². The van der Waals surface area contributed by atoms with Crippen LogP contribution in [0.15, 0.2) is 53.6 Å². The number of aryl methyl sites for hydroxylation is 2. The van der Waals surface area contributed by atoms with Gasteiger partial charge in [-0.2, -0.15) is 0 Å². The van der Waals surface area contributed by atoms with Crippen molar-refractivity contribution in [3.8, 4) is 0 Å². The number of aromatic nitrogens is 2. The van der Waals surface area contributed by atoms with E-state index in [0.29, 0.717) is 4.90 Å². The Kier molecular flexibility index (Phi) is 3.47. The van der Waals surface area contributed by atoms with Crippen molar-refractivity contribution < 1.29 is 8.42 Å². The van der Waals surface area contributed by atoms with Gasteiger partial charge < -0.3 is 0 Å². The van der Waals surface area contributed by atoms with Crippen LogP contribution in [0.2, 0.25) is 0 Å². The number of imidazole rings is 1. The van der Waals surface area contributed by atoms with E-state index < -0.39 is 10.0 Å². The molecular formula is C19H19N3O2S. The topological polar surface area (TPSA) is 55.2 Å². The van der Waals surface area contributed by atoms with Crippen LogP contribution in [0.1, 0.15) is 23.9 Å². The molecule has 0 saturated heterocycles. The van der Waals surface area contributed by atoms with E-state index >= 15 is 0 Å². The van der Waals surface area contributed by atoms with E-state index in [1.807, 2.05) is 49.6 Å². The van der Waals surface area contributed by atoms with E-state index in [0.717, 1.165) is 33.7 Å². The van der Waals surface area contributed by atoms with Crippen molar-refractivity contribution in [2.45, 2.75) is 32.2 Å². The number of nitrogens with zero attached hydrogens (tertiary/aromatic N) is 3. The summed E-state index contributed by atoms with van der Waals surface area (Å²) in [5.74, 6) is 0.733. The highest BCUT2D eigenvalue weighted by Gasteiger charge is 2.28. The van der Waals surface area contributed by atoms with Crippen LogP contribution in [0.3, 0.4) is 0 Å². The largest absolute Gasteiger partial charge is 0.297 e. The Morgan fingerprint density at radius 3 is 2.36 bits per heavy atom. The molecule has 0 radical (unpaired) electrons. The summed E-state index contributed by atoms with van der Waals surface area (Å²) in [6, 6.07) is 13.0. The summed E-state index contributed by atoms with van der Waals surface area (Å²) in [4.78, 5) is 4.93. The second-order valence-electron chi connectivity index (χ2n) is 6.49. The number of hydrogen-bond acceptors (Lipinski definition) is 3. The molecule has 0 unspecified atom stereocenters. The second kappa shape index (κ2) is 5.46. The summed E-state index contributed by atoms with van der Waals surface area (Å²) >= 11 is 0. The molecule has 1 aliphatic rings. The third kappa shape index (κ3) is 2.53. The summed E-state index contributed by atoms with van der Waals surface area (Å²) in [6.07, 6.45) is 1.69. The molecule has 0 N–H and O–H groups in total. The minimum Gasteiger partial charge on any atom is -0.297 e. The Bertz CT molecular complexity index is 1110. The summed E-state index contributed by atoms with van der Waals surface area (Å²) < 4.78 is 29.3. The highest BCUT2D eigenvalue weighted by molar-refractivity contribution is 7.89. The lowest BCUT2D eigenvalue weighted by molar-refractivity contribution is 0.475. The normalized spacial score (nSPS) is 14.5. The first-order valence-electron chi connectivity index (χ1n) is 8.11. The average molecular weight is 353 g/mol. The first-order chi connectivity index (χ1) is 11.9. The van der Waals surface area contributed by atoms with Crippen molar-refractivity contribution >= 4 is 26.8 Å². The number of benzene rings is 2. The molecule has 2 heterocycles. The molecule has 1 aromatic heterocycles. The molecule has 0 bridgehead atoms. The predicted octanol–water partition coefficient (Wildman–Crippen LogP) is 3.68. The molecule has 3 aromatic rings. The standard InChI is InChI=1S/C19H19N3O2S/c1-13-4-7-16(8-5-13)25(23,24)21-11-15(3)22-18-10-14(2)6-9-17(18)20-19(22)12-21/h4-11H,12H2,1-3H3. The van der Waals surface area contributed by atoms with Crippen LogP contribution in [0.4, 0.5) is 0 Å². The lowest BCUT2D eigenvalue weighted by Crippen LogP contribution is -2.30. The van der Waals surface area contributed by atoms with E-state index in [1.54, 1.807) is 18.3 Å². The van der Waals surface area contributed by atoms with Gasteiger partial charge in [-0.05, 0) is 50.6 Å². The van der Waals surface area contributed by atoms with Crippen LogP contribution in [0.5, 0.6) is 0 Å². The highest BCUT2D eigenvalue weighted by Crippen LogP contribution is 2.29. The zero-order chi connectivity index (χ0) is 17.8. The molecule has 25 heavy (non-hydrogen) atoms. The Morgan fingerprint density at radius 1 is 0.960 bits per heavy atom. The van der Waals surface area contributed by atoms with Crippen LogP contribution in [-0.2, 0) is 16.6 Å². The molecule has 0 amide bonds. The molecule has 2 aromatic carbocycles. The summed E-state index contributed by atoms with van der Waals surface area (Å²) in [7, 11) is -3.60. The van der Waals surface area contributed by atoms with Crippen molar-refractivity contribution in [3.63, 3.8) is 0 Å². The number of hydrogen-bond donors (Lipinski definition) is 0. The fourth-order valence-electron chi connectivity index (χ4n) is 3.19. The molecule has 0 spiro atoms. The maximum Gasteiger partial charge on any atom is 0.264 e. The number of fused-ring (bicyclic) bond motifs is 3. The molecule has 0 aliphatic carbocycles. The molecule has 4 rings (SSSR count). The smallest absolute Gasteiger partial charge is 0.264 e. The minimum atomic E-state index is -3.60. The zero-order valence-electron chi connectivity index (χ0n) is 14.4. The Labute approximate surface area is 147 Å². The fourth-order valence-corrected chi connectivity index (χ4v) is 4.51. The lowest BCUT2D eigenvalue weighted by Gasteiger charge is -2.26. The fraction of sp³-hybridized carbons (Fsp3) is 0.211. The van der Waals surface area contributed by atoms with E-state index in [4.69, 9.17) is 0 Å². The van der Waals surface area contributed by atoms with Crippen molar-refractivity contribution in [1.29, 1.82) is 0 Å². The van der Waals surface area contributed by atoms with Gasteiger partial charge in [0.15, 0.2) is 0 Å². The minimum absolute atomic E-state index is 0.223. The van der Waals surface area contributed by atoms with Crippen LogP contribution in [0.25, 0.3) is 16.7 Å². The number of rotatable bonds is 2. The van der Waals surface area contributed by atoms with E-state index in [2.05, 4.69) is 11.1 Å². The molecule has 0 atom stereocenters. The maximum absolute atomic E-state index is 13.0. The van der Waals surface area contributed by atoms with Gasteiger partial charge in [-0.15, -0.1) is 0 Å². The van der Waals surface area contributed by atoms with Gasteiger partial charge in [0.1, 0.15) is 5.82 Å². The average Bonchev–Trinajstić information content (AvgIpc) is 2.93. The van der Waals surface area contributed by atoms with Crippen molar-refractivity contribution in [1.82, 2.24) is 13.9 Å². The summed E-state index contributed by atoms with van der Waals surface area (Å²) in [5.41, 5.74) is 4.91. The molecule has 0 fully saturated rings. The molecule has 1 aliphatic heterocycles. The Hall–Kier alpha value is -2.60. The third-order valence-electron chi connectivity index (χ3n) is 4.49. The molecular weight excluding hydrogens is 334 g/mol. The van der Waals surface area contributed by atoms with Gasteiger partial charge in [0.05, 0.1) is 22.5 Å². The second-order valence-corrected chi connectivity index (χ2v) is 8.38. The van der Waals surface area contributed by atoms with Crippen LogP contribution in [0, 0.1) is 13.8 Å². The SMILES string of the molecule is CC1=CN(S(=O)(=O)c2ccc(C)cc2)Cc2nc3ccc(C)cc3n21. The monoisotopic (exact) mass is 353 g/mol. The zero-order valence-corrected chi connectivity index (χ0v) is 15.2. The lowest BCUT2D eigenvalue weighted by atomic mass is 10.2. The van der Waals surface area contributed by atoms with E-state index in [1.165, 1.54) is 4.31 Å². The van der Waals surface area contributed by atoms with Gasteiger partial charge >= 0.3 is 0 Å². The number of allylic oxidation sites excluding steroid dienone is 1. The van der Waals surface area contributed by atoms with Gasteiger partial charge in [0.25, 0.3) is 10.0 Å². The molecule has 128 valence electrons. The Balaban J connectivity index is 1.81. The van der Waals surface area contributed by atoms with Crippen LogP contribution < -0.4 is 0 Å². The van der Waals surface area contributed by atoms with Crippen molar-refractivity contribution in [2.24, 2.45) is 0 Å². The van der Waals surface area contributed by atoms with Gasteiger partial charge in [0.2, 0.25) is 0 Å². The quantitative estimate of drug-likeness (QED) is 0.706. The highest BCUT2D eigenvalue weighted by atomic mass is 32.2. The summed E-state index contributed by atoms with van der Waals surface area (Å²) in [6.45, 7) is 6.10. The first-order valence-corrected chi connectivity index (χ1v) is 9.55. The maximum atomic E-state index is 13.0. The number of sulfonamides is 1. The molecule has 5 nitrogen and oxygen atoms in total. The van der Waals surface area contributed by atoms with Gasteiger partial charge in [-0.1, -0.05) is 23.8 Å². The third-order valence-corrected chi connectivity index (χ3v) is 6.21. The van der Waals surface area contributed by atoms with E-state index in [-0.39, 0.29) is 6.54 Å². The first kappa shape index (κ1) is 15.9. The molecule has 0 saturated carbocycles. The van der Waals surface area contributed by atoms with Gasteiger partial charge in [0, 0.05) is 11.9 Å². The van der Waals surface area contributed by atoms with Crippen molar-refractivity contribution in [3.05, 3.63) is 65.6 Å². The van der Waals surface area contributed by atoms with Crippen LogP contribution >= 0.6 is 0 Å². The Morgan fingerprint density at radius 2 is 1.64 bits per heavy atom. The molecule has 6 heteroatoms. The van der Waals surface area contributed by atoms with Gasteiger partial charge in [-0.3, -0.25) is 8.87 Å². The van der Waals surface area contributed by atoms with E-state index in [9.17, 15) is 8.42 Å². The van der Waals surface area contributed by atoms with Crippen LogP contribution in [-0.4, -0.2) is 22.3 Å². The predicted molar refractivity (Wildman–Crippen MR) is 98.3 cm³/mol. The summed E-state index contributed by atoms with van der Waals surface area (Å²) in [5, 5.41) is 0.